The summed E-state index contributed by atoms with van der Waals surface area (Å²) >= 11 is 0. The van der Waals surface area contributed by atoms with Gasteiger partial charge in [-0.3, -0.25) is 0 Å². The zero-order valence-electron chi connectivity index (χ0n) is 6.41. The average molecular weight is 139 g/mol. The molecule has 0 aromatic heterocycles. The lowest BCUT2D eigenvalue weighted by atomic mass is 10.2. The fraction of sp³-hybridized carbons (Fsp3) is 0.571. The van der Waals surface area contributed by atoms with Crippen LogP contribution in [0.4, 0.5) is 0 Å². The Balaban J connectivity index is 2.66. The summed E-state index contributed by atoms with van der Waals surface area (Å²) in [5.74, 6) is 0.957. The van der Waals surface area contributed by atoms with Gasteiger partial charge < -0.3 is 10.6 Å². The molecule has 2 N–H and O–H groups in total. The van der Waals surface area contributed by atoms with Crippen molar-refractivity contribution in [3.8, 4) is 0 Å². The molecule has 10 heavy (non-hydrogen) atoms. The minimum Gasteiger partial charge on any atom is -0.363 e. The molecule has 0 saturated heterocycles. The van der Waals surface area contributed by atoms with Gasteiger partial charge in [0, 0.05) is 32.8 Å². The Bertz CT molecular complexity index is 170. The summed E-state index contributed by atoms with van der Waals surface area (Å²) in [6.07, 6.45) is 4.69. The number of nitrogens with zero attached hydrogens (tertiary/aromatic N) is 2. The van der Waals surface area contributed by atoms with Crippen molar-refractivity contribution in [2.75, 3.05) is 14.1 Å². The average Bonchev–Trinajstić information content (AvgIpc) is 1.88. The highest BCUT2D eigenvalue weighted by molar-refractivity contribution is 5.61. The van der Waals surface area contributed by atoms with Crippen molar-refractivity contribution in [1.82, 2.24) is 4.90 Å². The van der Waals surface area contributed by atoms with E-state index in [1.807, 2.05) is 31.3 Å². The van der Waals surface area contributed by atoms with Gasteiger partial charge in [-0.05, 0) is 6.08 Å². The number of hydrogen-bond acceptors (Lipinski definition) is 3. The van der Waals surface area contributed by atoms with Crippen molar-refractivity contribution in [3.63, 3.8) is 0 Å². The van der Waals surface area contributed by atoms with Gasteiger partial charge in [0.05, 0.1) is 0 Å². The molecule has 1 rings (SSSR count). The summed E-state index contributed by atoms with van der Waals surface area (Å²) in [4.78, 5) is 6.12. The van der Waals surface area contributed by atoms with Gasteiger partial charge in [-0.25, -0.2) is 4.99 Å². The number of rotatable bonds is 1. The van der Waals surface area contributed by atoms with Crippen molar-refractivity contribution in [3.05, 3.63) is 11.9 Å². The third-order valence-electron chi connectivity index (χ3n) is 1.42. The molecule has 0 radical (unpaired) electrons. The Hall–Kier alpha value is -0.830. The van der Waals surface area contributed by atoms with E-state index in [2.05, 4.69) is 4.99 Å². The molecule has 0 bridgehead atoms. The molecule has 1 atom stereocenters. The number of hydrogen-bond donors (Lipinski definition) is 1. The molecule has 1 aliphatic heterocycles. The first-order chi connectivity index (χ1) is 4.70. The first kappa shape index (κ1) is 7.28. The van der Waals surface area contributed by atoms with Gasteiger partial charge in [0.15, 0.2) is 0 Å². The standard InChI is InChI=1S/C7H13N3/c1-10(2)7-5-6(8)3-4-9-7/h4-6H,3,8H2,1-2H3. The maximum absolute atomic E-state index is 5.67. The smallest absolute Gasteiger partial charge is 0.125 e. The predicted molar refractivity (Wildman–Crippen MR) is 42.9 cm³/mol. The van der Waals surface area contributed by atoms with E-state index in [0.29, 0.717) is 0 Å². The molecule has 0 fully saturated rings. The van der Waals surface area contributed by atoms with Crippen LogP contribution in [0, 0.1) is 0 Å². The lowest BCUT2D eigenvalue weighted by molar-refractivity contribution is 0.498. The van der Waals surface area contributed by atoms with E-state index in [4.69, 9.17) is 5.73 Å². The Morgan fingerprint density at radius 1 is 1.70 bits per heavy atom. The van der Waals surface area contributed by atoms with Crippen LogP contribution in [0.1, 0.15) is 6.42 Å². The molecular formula is C7H13N3. The molecule has 1 unspecified atom stereocenters. The third kappa shape index (κ3) is 1.57. The number of aliphatic imine (C=N–C) groups is 1. The fourth-order valence-corrected chi connectivity index (χ4v) is 0.835. The van der Waals surface area contributed by atoms with E-state index in [1.54, 1.807) is 0 Å². The molecule has 56 valence electrons. The van der Waals surface area contributed by atoms with E-state index in [9.17, 15) is 0 Å². The van der Waals surface area contributed by atoms with E-state index in [1.165, 1.54) is 0 Å². The van der Waals surface area contributed by atoms with Gasteiger partial charge in [0.25, 0.3) is 0 Å². The lowest BCUT2D eigenvalue weighted by Gasteiger charge is -2.17. The first-order valence-corrected chi connectivity index (χ1v) is 3.37. The van der Waals surface area contributed by atoms with Crippen LogP contribution in [0.3, 0.4) is 0 Å². The summed E-state index contributed by atoms with van der Waals surface area (Å²) < 4.78 is 0. The summed E-state index contributed by atoms with van der Waals surface area (Å²) in [5, 5.41) is 0. The van der Waals surface area contributed by atoms with Crippen LogP contribution in [0.2, 0.25) is 0 Å². The Morgan fingerprint density at radius 3 is 2.80 bits per heavy atom. The third-order valence-corrected chi connectivity index (χ3v) is 1.42. The molecule has 3 heteroatoms. The van der Waals surface area contributed by atoms with Crippen LogP contribution in [0.15, 0.2) is 16.9 Å². The molecular weight excluding hydrogens is 126 g/mol. The fourth-order valence-electron chi connectivity index (χ4n) is 0.835. The van der Waals surface area contributed by atoms with Crippen molar-refractivity contribution < 1.29 is 0 Å². The van der Waals surface area contributed by atoms with Crippen LogP contribution in [0.5, 0.6) is 0 Å². The minimum atomic E-state index is 0.148. The topological polar surface area (TPSA) is 41.6 Å². The largest absolute Gasteiger partial charge is 0.363 e. The highest BCUT2D eigenvalue weighted by atomic mass is 15.2. The van der Waals surface area contributed by atoms with Gasteiger partial charge in [0.1, 0.15) is 5.82 Å². The van der Waals surface area contributed by atoms with Gasteiger partial charge in [-0.15, -0.1) is 0 Å². The molecule has 1 heterocycles. The Labute approximate surface area is 61.2 Å². The Morgan fingerprint density at radius 2 is 2.40 bits per heavy atom. The lowest BCUT2D eigenvalue weighted by Crippen LogP contribution is -2.23. The predicted octanol–water partition coefficient (Wildman–Crippen LogP) is 0.191. The molecule has 0 saturated carbocycles. The van der Waals surface area contributed by atoms with E-state index >= 15 is 0 Å². The van der Waals surface area contributed by atoms with Crippen LogP contribution in [0.25, 0.3) is 0 Å². The van der Waals surface area contributed by atoms with Crippen LogP contribution in [-0.4, -0.2) is 31.3 Å². The number of nitrogens with two attached hydrogens (primary N) is 1. The SMILES string of the molecule is CN(C)C1=CC(N)CC=N1. The second kappa shape index (κ2) is 2.84. The van der Waals surface area contributed by atoms with Crippen molar-refractivity contribution in [2.24, 2.45) is 10.7 Å². The first-order valence-electron chi connectivity index (χ1n) is 3.37. The molecule has 0 amide bonds. The minimum absolute atomic E-state index is 0.148. The van der Waals surface area contributed by atoms with Crippen molar-refractivity contribution in [1.29, 1.82) is 0 Å². The maximum Gasteiger partial charge on any atom is 0.125 e. The maximum atomic E-state index is 5.67. The van der Waals surface area contributed by atoms with Crippen LogP contribution >= 0.6 is 0 Å². The molecule has 0 aliphatic carbocycles. The zero-order valence-corrected chi connectivity index (χ0v) is 6.41. The highest BCUT2D eigenvalue weighted by Crippen LogP contribution is 2.06. The summed E-state index contributed by atoms with van der Waals surface area (Å²) in [6, 6.07) is 0.148. The van der Waals surface area contributed by atoms with Gasteiger partial charge in [-0.2, -0.15) is 0 Å². The second-order valence-corrected chi connectivity index (χ2v) is 2.63. The molecule has 3 nitrogen and oxygen atoms in total. The molecule has 0 aromatic rings. The van der Waals surface area contributed by atoms with Crippen molar-refractivity contribution in [2.45, 2.75) is 12.5 Å². The normalized spacial score (nSPS) is 24.3. The van der Waals surface area contributed by atoms with Crippen molar-refractivity contribution >= 4 is 6.21 Å². The van der Waals surface area contributed by atoms with Crippen LogP contribution < -0.4 is 5.73 Å². The Kier molecular flexibility index (Phi) is 2.06. The highest BCUT2D eigenvalue weighted by Gasteiger charge is 2.05. The molecule has 0 spiro atoms. The van der Waals surface area contributed by atoms with Crippen LogP contribution in [-0.2, 0) is 0 Å². The monoisotopic (exact) mass is 139 g/mol. The molecule has 1 aliphatic rings. The van der Waals surface area contributed by atoms with Gasteiger partial charge >= 0.3 is 0 Å². The molecule has 0 aromatic carbocycles. The van der Waals surface area contributed by atoms with Gasteiger partial charge in [0.2, 0.25) is 0 Å². The summed E-state index contributed by atoms with van der Waals surface area (Å²) in [7, 11) is 3.92. The second-order valence-electron chi connectivity index (χ2n) is 2.63. The van der Waals surface area contributed by atoms with Gasteiger partial charge in [-0.1, -0.05) is 0 Å². The van der Waals surface area contributed by atoms with E-state index in [-0.39, 0.29) is 6.04 Å². The zero-order chi connectivity index (χ0) is 7.56. The summed E-state index contributed by atoms with van der Waals surface area (Å²) in [6.45, 7) is 0. The summed E-state index contributed by atoms with van der Waals surface area (Å²) in [5.41, 5.74) is 5.67. The van der Waals surface area contributed by atoms with E-state index < -0.39 is 0 Å². The quantitative estimate of drug-likeness (QED) is 0.563. The van der Waals surface area contributed by atoms with E-state index in [0.717, 1.165) is 12.2 Å².